The van der Waals surface area contributed by atoms with E-state index in [4.69, 9.17) is 10.5 Å². The summed E-state index contributed by atoms with van der Waals surface area (Å²) in [7, 11) is 0. The number of hydrogen-bond acceptors (Lipinski definition) is 5. The molecule has 0 radical (unpaired) electrons. The molecule has 1 aromatic heterocycles. The monoisotopic (exact) mass is 270 g/mol. The average molecular weight is 270 g/mol. The van der Waals surface area contributed by atoms with E-state index in [0.29, 0.717) is 17.2 Å². The van der Waals surface area contributed by atoms with Crippen molar-refractivity contribution in [2.75, 3.05) is 18.5 Å². The summed E-state index contributed by atoms with van der Waals surface area (Å²) < 4.78 is 5.00. The molecule has 0 bridgehead atoms. The number of carbonyl (C=O) groups is 2. The highest BCUT2D eigenvalue weighted by molar-refractivity contribution is 7.16. The van der Waals surface area contributed by atoms with Crippen LogP contribution in [-0.4, -0.2) is 25.0 Å². The van der Waals surface area contributed by atoms with Crippen LogP contribution in [0.1, 0.15) is 34.1 Å². The van der Waals surface area contributed by atoms with Crippen LogP contribution in [0.2, 0.25) is 0 Å². The Bertz CT molecular complexity index is 454. The molecule has 0 saturated heterocycles. The van der Waals surface area contributed by atoms with Gasteiger partial charge in [0.15, 0.2) is 0 Å². The van der Waals surface area contributed by atoms with Crippen molar-refractivity contribution in [3.63, 3.8) is 0 Å². The lowest BCUT2D eigenvalue weighted by Crippen LogP contribution is -2.17. The molecular formula is C12H18N2O3S. The Morgan fingerprint density at radius 2 is 2.06 bits per heavy atom. The molecule has 1 aromatic rings. The lowest BCUT2D eigenvalue weighted by molar-refractivity contribution is -0.116. The van der Waals surface area contributed by atoms with Gasteiger partial charge in [0.05, 0.1) is 12.2 Å². The summed E-state index contributed by atoms with van der Waals surface area (Å²) in [5, 5.41) is 3.25. The fourth-order valence-electron chi connectivity index (χ4n) is 1.48. The molecular weight excluding hydrogens is 252 g/mol. The molecule has 0 unspecified atom stereocenters. The lowest BCUT2D eigenvalue weighted by Gasteiger charge is -2.06. The van der Waals surface area contributed by atoms with Crippen molar-refractivity contribution >= 4 is 28.2 Å². The Balaban J connectivity index is 3.00. The number of amides is 1. The number of ether oxygens (including phenoxy) is 1. The third kappa shape index (κ3) is 3.30. The number of hydrogen-bond donors (Lipinski definition) is 2. The molecule has 6 heteroatoms. The maximum absolute atomic E-state index is 11.8. The first-order valence-corrected chi connectivity index (χ1v) is 6.59. The van der Waals surface area contributed by atoms with Crippen molar-refractivity contribution in [3.8, 4) is 0 Å². The Morgan fingerprint density at radius 1 is 1.39 bits per heavy atom. The van der Waals surface area contributed by atoms with E-state index in [1.165, 1.54) is 11.3 Å². The number of carbonyl (C=O) groups excluding carboxylic acids is 2. The maximum atomic E-state index is 11.8. The first-order valence-electron chi connectivity index (χ1n) is 5.78. The normalized spacial score (nSPS) is 10.2. The summed E-state index contributed by atoms with van der Waals surface area (Å²) in [6.07, 6.45) is 0.234. The SMILES string of the molecule is CCOC(=O)c1c(NC(=O)CCN)sc(C)c1C. The molecule has 0 aliphatic carbocycles. The van der Waals surface area contributed by atoms with Crippen molar-refractivity contribution in [3.05, 3.63) is 16.0 Å². The second kappa shape index (κ2) is 6.51. The highest BCUT2D eigenvalue weighted by Gasteiger charge is 2.21. The second-order valence-electron chi connectivity index (χ2n) is 3.79. The summed E-state index contributed by atoms with van der Waals surface area (Å²) in [4.78, 5) is 24.4. The highest BCUT2D eigenvalue weighted by atomic mass is 32.1. The lowest BCUT2D eigenvalue weighted by atomic mass is 10.1. The van der Waals surface area contributed by atoms with Gasteiger partial charge < -0.3 is 15.8 Å². The van der Waals surface area contributed by atoms with Gasteiger partial charge in [-0.05, 0) is 26.3 Å². The molecule has 0 aliphatic rings. The van der Waals surface area contributed by atoms with E-state index in [0.717, 1.165) is 10.4 Å². The van der Waals surface area contributed by atoms with Crippen LogP contribution < -0.4 is 11.1 Å². The van der Waals surface area contributed by atoms with Gasteiger partial charge in [0.25, 0.3) is 0 Å². The first kappa shape index (κ1) is 14.7. The smallest absolute Gasteiger partial charge is 0.341 e. The number of aryl methyl sites for hydroxylation is 1. The summed E-state index contributed by atoms with van der Waals surface area (Å²) in [6, 6.07) is 0. The topological polar surface area (TPSA) is 81.4 Å². The minimum absolute atomic E-state index is 0.190. The fourth-order valence-corrected chi connectivity index (χ4v) is 2.55. The van der Waals surface area contributed by atoms with Crippen LogP contribution in [0.4, 0.5) is 5.00 Å². The molecule has 0 atom stereocenters. The average Bonchev–Trinajstić information content (AvgIpc) is 2.55. The van der Waals surface area contributed by atoms with E-state index in [-0.39, 0.29) is 18.9 Å². The summed E-state index contributed by atoms with van der Waals surface area (Å²) in [5.41, 5.74) is 6.61. The van der Waals surface area contributed by atoms with E-state index >= 15 is 0 Å². The van der Waals surface area contributed by atoms with Gasteiger partial charge in [0.2, 0.25) is 5.91 Å². The highest BCUT2D eigenvalue weighted by Crippen LogP contribution is 2.33. The summed E-state index contributed by atoms with van der Waals surface area (Å²) in [5.74, 6) is -0.591. The van der Waals surface area contributed by atoms with Crippen LogP contribution in [0.3, 0.4) is 0 Å². The number of nitrogens with two attached hydrogens (primary N) is 1. The van der Waals surface area contributed by atoms with Crippen LogP contribution in [0.15, 0.2) is 0 Å². The molecule has 3 N–H and O–H groups in total. The van der Waals surface area contributed by atoms with Crippen LogP contribution in [0, 0.1) is 13.8 Å². The van der Waals surface area contributed by atoms with Crippen molar-refractivity contribution in [2.24, 2.45) is 5.73 Å². The number of anilines is 1. The molecule has 0 aliphatic heterocycles. The minimum atomic E-state index is -0.401. The molecule has 100 valence electrons. The van der Waals surface area contributed by atoms with Crippen LogP contribution in [-0.2, 0) is 9.53 Å². The number of thiophene rings is 1. The van der Waals surface area contributed by atoms with Gasteiger partial charge in [-0.1, -0.05) is 0 Å². The van der Waals surface area contributed by atoms with Crippen LogP contribution in [0.25, 0.3) is 0 Å². The third-order valence-corrected chi connectivity index (χ3v) is 3.61. The number of esters is 1. The van der Waals surface area contributed by atoms with E-state index in [2.05, 4.69) is 5.32 Å². The van der Waals surface area contributed by atoms with Gasteiger partial charge in [-0.3, -0.25) is 4.79 Å². The van der Waals surface area contributed by atoms with Gasteiger partial charge in [0.1, 0.15) is 5.00 Å². The molecule has 0 saturated carbocycles. The maximum Gasteiger partial charge on any atom is 0.341 e. The third-order valence-electron chi connectivity index (χ3n) is 2.49. The van der Waals surface area contributed by atoms with Gasteiger partial charge in [-0.15, -0.1) is 11.3 Å². The standard InChI is InChI=1S/C12H18N2O3S/c1-4-17-12(16)10-7(2)8(3)18-11(10)14-9(15)5-6-13/h4-6,13H2,1-3H3,(H,14,15). The second-order valence-corrected chi connectivity index (χ2v) is 5.02. The molecule has 0 fully saturated rings. The van der Waals surface area contributed by atoms with E-state index < -0.39 is 5.97 Å². The van der Waals surface area contributed by atoms with Gasteiger partial charge in [-0.25, -0.2) is 4.79 Å². The predicted molar refractivity (Wildman–Crippen MR) is 72.1 cm³/mol. The predicted octanol–water partition coefficient (Wildman–Crippen LogP) is 1.83. The largest absolute Gasteiger partial charge is 0.462 e. The molecule has 5 nitrogen and oxygen atoms in total. The Kier molecular flexibility index (Phi) is 5.30. The molecule has 0 spiro atoms. The van der Waals surface area contributed by atoms with E-state index in [1.54, 1.807) is 6.92 Å². The summed E-state index contributed by atoms with van der Waals surface area (Å²) in [6.45, 7) is 6.09. The van der Waals surface area contributed by atoms with Gasteiger partial charge >= 0.3 is 5.97 Å². The zero-order chi connectivity index (χ0) is 13.7. The van der Waals surface area contributed by atoms with E-state index in [9.17, 15) is 9.59 Å². The Hall–Kier alpha value is -1.40. The summed E-state index contributed by atoms with van der Waals surface area (Å²) >= 11 is 1.38. The Labute approximate surface area is 110 Å². The van der Waals surface area contributed by atoms with Crippen molar-refractivity contribution in [1.29, 1.82) is 0 Å². The zero-order valence-corrected chi connectivity index (χ0v) is 11.6. The van der Waals surface area contributed by atoms with Crippen molar-refractivity contribution in [1.82, 2.24) is 0 Å². The van der Waals surface area contributed by atoms with E-state index in [1.807, 2.05) is 13.8 Å². The molecule has 1 heterocycles. The van der Waals surface area contributed by atoms with Crippen molar-refractivity contribution < 1.29 is 14.3 Å². The molecule has 0 aromatic carbocycles. The quantitative estimate of drug-likeness (QED) is 0.800. The van der Waals surface area contributed by atoms with Gasteiger partial charge in [-0.2, -0.15) is 0 Å². The van der Waals surface area contributed by atoms with Gasteiger partial charge in [0, 0.05) is 17.8 Å². The molecule has 18 heavy (non-hydrogen) atoms. The zero-order valence-electron chi connectivity index (χ0n) is 10.8. The van der Waals surface area contributed by atoms with Crippen molar-refractivity contribution in [2.45, 2.75) is 27.2 Å². The minimum Gasteiger partial charge on any atom is -0.462 e. The first-order chi connectivity index (χ1) is 8.51. The Morgan fingerprint density at radius 3 is 2.61 bits per heavy atom. The molecule has 1 amide bonds. The van der Waals surface area contributed by atoms with Crippen LogP contribution in [0.5, 0.6) is 0 Å². The van der Waals surface area contributed by atoms with Crippen LogP contribution >= 0.6 is 11.3 Å². The number of nitrogens with one attached hydrogen (secondary N) is 1. The molecule has 1 rings (SSSR count). The number of rotatable bonds is 5. The fraction of sp³-hybridized carbons (Fsp3) is 0.500.